The Hall–Kier alpha value is -2.47. The molecule has 0 saturated carbocycles. The highest BCUT2D eigenvalue weighted by atomic mass is 32.1. The molecule has 3 rings (SSSR count). The Morgan fingerprint density at radius 2 is 2.08 bits per heavy atom. The number of nitrogens with one attached hydrogen (secondary N) is 1. The molecule has 0 aliphatic heterocycles. The van der Waals surface area contributed by atoms with Crippen LogP contribution in [0.3, 0.4) is 0 Å². The van der Waals surface area contributed by atoms with Gasteiger partial charge in [0.1, 0.15) is 23.0 Å². The molecule has 0 aliphatic rings. The van der Waals surface area contributed by atoms with Gasteiger partial charge in [-0.15, -0.1) is 11.3 Å². The molecule has 124 valence electrons. The van der Waals surface area contributed by atoms with Crippen LogP contribution < -0.4 is 5.32 Å². The second kappa shape index (κ2) is 6.57. The lowest BCUT2D eigenvalue weighted by Crippen LogP contribution is -2.28. The Morgan fingerprint density at radius 1 is 1.29 bits per heavy atom. The van der Waals surface area contributed by atoms with Gasteiger partial charge >= 0.3 is 5.97 Å². The van der Waals surface area contributed by atoms with Crippen molar-refractivity contribution in [2.45, 2.75) is 33.2 Å². The molecule has 0 amide bonds. The summed E-state index contributed by atoms with van der Waals surface area (Å²) in [6, 6.07) is 5.64. The number of carbonyl (C=O) groups is 1. The van der Waals surface area contributed by atoms with Gasteiger partial charge in [0, 0.05) is 10.9 Å². The van der Waals surface area contributed by atoms with Crippen LogP contribution in [-0.2, 0) is 4.79 Å². The van der Waals surface area contributed by atoms with E-state index in [-0.39, 0.29) is 0 Å². The Bertz CT molecular complexity index is 904. The van der Waals surface area contributed by atoms with E-state index in [0.29, 0.717) is 12.2 Å². The molecule has 24 heavy (non-hydrogen) atoms. The molecular formula is C18H19N3O2S. The fourth-order valence-corrected chi connectivity index (χ4v) is 3.53. The van der Waals surface area contributed by atoms with Gasteiger partial charge in [-0.25, -0.2) is 14.8 Å². The predicted molar refractivity (Wildman–Crippen MR) is 97.7 cm³/mol. The van der Waals surface area contributed by atoms with Gasteiger partial charge in [0.15, 0.2) is 0 Å². The Labute approximate surface area is 144 Å². The average Bonchev–Trinajstić information content (AvgIpc) is 2.99. The van der Waals surface area contributed by atoms with Crippen molar-refractivity contribution in [3.63, 3.8) is 0 Å². The molecule has 2 heterocycles. The largest absolute Gasteiger partial charge is 0.480 e. The number of aliphatic carboxylic acids is 1. The van der Waals surface area contributed by atoms with Crippen LogP contribution in [0.15, 0.2) is 29.9 Å². The molecule has 2 N–H and O–H groups in total. The highest BCUT2D eigenvalue weighted by Gasteiger charge is 2.19. The zero-order valence-electron chi connectivity index (χ0n) is 13.8. The van der Waals surface area contributed by atoms with Crippen LogP contribution in [-0.4, -0.2) is 27.1 Å². The Balaban J connectivity index is 2.13. The zero-order valence-corrected chi connectivity index (χ0v) is 14.6. The van der Waals surface area contributed by atoms with E-state index in [9.17, 15) is 9.90 Å². The fourth-order valence-electron chi connectivity index (χ4n) is 2.61. The first-order valence-corrected chi connectivity index (χ1v) is 8.68. The molecule has 0 saturated heterocycles. The number of hydrogen-bond donors (Lipinski definition) is 2. The van der Waals surface area contributed by atoms with Gasteiger partial charge in [0.05, 0.1) is 5.39 Å². The molecule has 1 atom stereocenters. The molecule has 0 aliphatic carbocycles. The first-order chi connectivity index (χ1) is 11.5. The first kappa shape index (κ1) is 16.4. The Kier molecular flexibility index (Phi) is 4.49. The highest BCUT2D eigenvalue weighted by molar-refractivity contribution is 7.17. The summed E-state index contributed by atoms with van der Waals surface area (Å²) in [5, 5.41) is 15.3. The van der Waals surface area contributed by atoms with Crippen molar-refractivity contribution in [2.75, 3.05) is 5.32 Å². The third kappa shape index (κ3) is 2.97. The van der Waals surface area contributed by atoms with Gasteiger partial charge in [-0.3, -0.25) is 0 Å². The van der Waals surface area contributed by atoms with Crippen LogP contribution in [0.2, 0.25) is 0 Å². The molecule has 3 aromatic rings. The van der Waals surface area contributed by atoms with Crippen molar-refractivity contribution in [1.82, 2.24) is 9.97 Å². The van der Waals surface area contributed by atoms with Crippen LogP contribution in [0.1, 0.15) is 24.5 Å². The van der Waals surface area contributed by atoms with E-state index in [2.05, 4.69) is 52.7 Å². The maximum Gasteiger partial charge on any atom is 0.326 e. The zero-order chi connectivity index (χ0) is 17.3. The number of aromatic nitrogens is 2. The number of nitrogens with zero attached hydrogens (tertiary/aromatic N) is 2. The lowest BCUT2D eigenvalue weighted by Gasteiger charge is -2.14. The van der Waals surface area contributed by atoms with Crippen LogP contribution in [0, 0.1) is 13.8 Å². The molecule has 0 spiro atoms. The van der Waals surface area contributed by atoms with E-state index >= 15 is 0 Å². The van der Waals surface area contributed by atoms with Crippen molar-refractivity contribution < 1.29 is 9.90 Å². The molecule has 2 aromatic heterocycles. The van der Waals surface area contributed by atoms with Crippen molar-refractivity contribution in [2.24, 2.45) is 0 Å². The van der Waals surface area contributed by atoms with E-state index in [1.54, 1.807) is 0 Å². The van der Waals surface area contributed by atoms with Gasteiger partial charge in [0.2, 0.25) is 0 Å². The molecule has 1 unspecified atom stereocenters. The number of rotatable bonds is 5. The summed E-state index contributed by atoms with van der Waals surface area (Å²) in [5.74, 6) is -0.309. The minimum Gasteiger partial charge on any atom is -0.480 e. The Morgan fingerprint density at radius 3 is 2.75 bits per heavy atom. The average molecular weight is 341 g/mol. The SMILES string of the molecule is CCC(Nc1ncnc2scc(-c3ccc(C)c(C)c3)c12)C(=O)O. The smallest absolute Gasteiger partial charge is 0.326 e. The third-order valence-electron chi connectivity index (χ3n) is 4.21. The van der Waals surface area contributed by atoms with Crippen LogP contribution in [0.4, 0.5) is 5.82 Å². The van der Waals surface area contributed by atoms with E-state index < -0.39 is 12.0 Å². The van der Waals surface area contributed by atoms with Crippen molar-refractivity contribution in [3.8, 4) is 11.1 Å². The molecule has 0 fully saturated rings. The quantitative estimate of drug-likeness (QED) is 0.725. The fraction of sp³-hybridized carbons (Fsp3) is 0.278. The molecule has 0 bridgehead atoms. The highest BCUT2D eigenvalue weighted by Crippen LogP contribution is 2.37. The number of aryl methyl sites for hydroxylation is 2. The summed E-state index contributed by atoms with van der Waals surface area (Å²) in [5.41, 5.74) is 4.58. The maximum atomic E-state index is 11.3. The summed E-state index contributed by atoms with van der Waals surface area (Å²) in [7, 11) is 0. The summed E-state index contributed by atoms with van der Waals surface area (Å²) in [6.07, 6.45) is 1.95. The predicted octanol–water partition coefficient (Wildman–Crippen LogP) is 4.25. The standard InChI is InChI=1S/C18H19N3O2S/c1-4-14(18(22)23)21-16-15-13(8-24-17(15)20-9-19-16)12-6-5-10(2)11(3)7-12/h5-9,14H,4H2,1-3H3,(H,22,23)(H,19,20,21). The van der Waals surface area contributed by atoms with Crippen LogP contribution in [0.25, 0.3) is 21.3 Å². The number of carboxylic acids is 1. The lowest BCUT2D eigenvalue weighted by molar-refractivity contribution is -0.137. The molecule has 5 nitrogen and oxygen atoms in total. The molecule has 0 radical (unpaired) electrons. The number of benzene rings is 1. The van der Waals surface area contributed by atoms with Gasteiger partial charge in [-0.05, 0) is 37.0 Å². The van der Waals surface area contributed by atoms with Crippen molar-refractivity contribution >= 4 is 33.3 Å². The van der Waals surface area contributed by atoms with Crippen LogP contribution in [0.5, 0.6) is 0 Å². The van der Waals surface area contributed by atoms with Gasteiger partial charge < -0.3 is 10.4 Å². The topological polar surface area (TPSA) is 75.1 Å². The van der Waals surface area contributed by atoms with Gasteiger partial charge in [-0.1, -0.05) is 25.1 Å². The number of carboxylic acid groups (broad SMARTS) is 1. The molecule has 1 aromatic carbocycles. The maximum absolute atomic E-state index is 11.3. The monoisotopic (exact) mass is 341 g/mol. The summed E-state index contributed by atoms with van der Waals surface area (Å²) < 4.78 is 0. The minimum absolute atomic E-state index is 0.476. The van der Waals surface area contributed by atoms with E-state index in [4.69, 9.17) is 0 Å². The number of fused-ring (bicyclic) bond motifs is 1. The minimum atomic E-state index is -0.882. The first-order valence-electron chi connectivity index (χ1n) is 7.80. The molecule has 6 heteroatoms. The number of hydrogen-bond acceptors (Lipinski definition) is 5. The third-order valence-corrected chi connectivity index (χ3v) is 5.09. The van der Waals surface area contributed by atoms with Crippen molar-refractivity contribution in [1.29, 1.82) is 0 Å². The van der Waals surface area contributed by atoms with E-state index in [1.807, 2.05) is 6.92 Å². The summed E-state index contributed by atoms with van der Waals surface area (Å²) in [6.45, 7) is 6.00. The number of anilines is 1. The second-order valence-corrected chi connectivity index (χ2v) is 6.65. The van der Waals surface area contributed by atoms with Gasteiger partial charge in [0.25, 0.3) is 0 Å². The summed E-state index contributed by atoms with van der Waals surface area (Å²) in [4.78, 5) is 20.8. The van der Waals surface area contributed by atoms with Crippen LogP contribution >= 0.6 is 11.3 Å². The van der Waals surface area contributed by atoms with Crippen molar-refractivity contribution in [3.05, 3.63) is 41.0 Å². The lowest BCUT2D eigenvalue weighted by atomic mass is 10.0. The molecular weight excluding hydrogens is 322 g/mol. The van der Waals surface area contributed by atoms with Gasteiger partial charge in [-0.2, -0.15) is 0 Å². The van der Waals surface area contributed by atoms with E-state index in [1.165, 1.54) is 28.8 Å². The normalized spacial score (nSPS) is 12.3. The van der Waals surface area contributed by atoms with E-state index in [0.717, 1.165) is 21.3 Å². The second-order valence-electron chi connectivity index (χ2n) is 5.79. The number of thiophene rings is 1. The summed E-state index contributed by atoms with van der Waals surface area (Å²) >= 11 is 1.54.